The van der Waals surface area contributed by atoms with Crippen molar-refractivity contribution in [1.82, 2.24) is 0 Å². The first-order valence-corrected chi connectivity index (χ1v) is 8.82. The molecule has 124 valence electrons. The number of carbonyl (C=O) groups is 2. The lowest BCUT2D eigenvalue weighted by molar-refractivity contribution is -0.133. The van der Waals surface area contributed by atoms with Gasteiger partial charge in [0.1, 0.15) is 17.5 Å². The van der Waals surface area contributed by atoms with Gasteiger partial charge in [0.15, 0.2) is 0 Å². The molecule has 0 saturated heterocycles. The fourth-order valence-corrected chi connectivity index (χ4v) is 3.11. The van der Waals surface area contributed by atoms with E-state index in [9.17, 15) is 9.59 Å². The van der Waals surface area contributed by atoms with E-state index in [1.807, 2.05) is 30.3 Å². The highest BCUT2D eigenvalue weighted by atomic mass is 16.2. The van der Waals surface area contributed by atoms with E-state index in [0.29, 0.717) is 12.8 Å². The quantitative estimate of drug-likeness (QED) is 0.407. The second kappa shape index (κ2) is 9.39. The van der Waals surface area contributed by atoms with Crippen molar-refractivity contribution >= 4 is 17.8 Å². The van der Waals surface area contributed by atoms with E-state index in [4.69, 9.17) is 0 Å². The number of Topliss-reactive ketones (excluding diaryl/α,β-unsaturated/α-hetero) is 2. The van der Waals surface area contributed by atoms with Gasteiger partial charge < -0.3 is 0 Å². The first-order chi connectivity index (χ1) is 11.2. The molecule has 1 aromatic carbocycles. The molecule has 23 heavy (non-hydrogen) atoms. The van der Waals surface area contributed by atoms with Crippen molar-refractivity contribution in [3.8, 4) is 0 Å². The Morgan fingerprint density at radius 2 is 1.65 bits per heavy atom. The second-order valence-electron chi connectivity index (χ2n) is 6.40. The molecule has 1 fully saturated rings. The van der Waals surface area contributed by atoms with Crippen LogP contribution in [0.25, 0.3) is 0 Å². The zero-order valence-corrected chi connectivity index (χ0v) is 14.0. The summed E-state index contributed by atoms with van der Waals surface area (Å²) in [5.41, 5.74) is 1.08. The fraction of sp³-hybridized carbons (Fsp3) is 0.550. The van der Waals surface area contributed by atoms with Gasteiger partial charge in [0, 0.05) is 25.6 Å². The van der Waals surface area contributed by atoms with Gasteiger partial charge in [0.25, 0.3) is 0 Å². The first-order valence-electron chi connectivity index (χ1n) is 8.82. The average Bonchev–Trinajstić information content (AvgIpc) is 2.56. The zero-order chi connectivity index (χ0) is 16.5. The van der Waals surface area contributed by atoms with Gasteiger partial charge in [-0.2, -0.15) is 0 Å². The van der Waals surface area contributed by atoms with E-state index in [-0.39, 0.29) is 17.5 Å². The summed E-state index contributed by atoms with van der Waals surface area (Å²) in [4.78, 5) is 28.9. The number of hydrogen-bond donors (Lipinski definition) is 0. The minimum Gasteiger partial charge on any atom is -0.298 e. The Balaban J connectivity index is 1.81. The van der Waals surface area contributed by atoms with E-state index in [1.54, 1.807) is 6.21 Å². The van der Waals surface area contributed by atoms with E-state index in [2.05, 4.69) is 11.9 Å². The molecule has 0 unspecified atom stereocenters. The van der Waals surface area contributed by atoms with Crippen molar-refractivity contribution in [2.24, 2.45) is 10.9 Å². The Hall–Kier alpha value is -1.77. The fourth-order valence-electron chi connectivity index (χ4n) is 3.11. The lowest BCUT2D eigenvalue weighted by Crippen LogP contribution is -2.33. The number of unbranched alkanes of at least 4 members (excludes halogenated alkanes) is 4. The van der Waals surface area contributed by atoms with E-state index in [0.717, 1.165) is 18.5 Å². The Kier molecular flexibility index (Phi) is 7.18. The summed E-state index contributed by atoms with van der Waals surface area (Å²) in [6.07, 6.45) is 8.46. The van der Waals surface area contributed by atoms with Crippen LogP contribution in [0.5, 0.6) is 0 Å². The summed E-state index contributed by atoms with van der Waals surface area (Å²) in [6.45, 7) is 2.92. The van der Waals surface area contributed by atoms with Gasteiger partial charge in [-0.15, -0.1) is 0 Å². The minimum atomic E-state index is -0.606. The monoisotopic (exact) mass is 313 g/mol. The molecule has 3 heteroatoms. The molecule has 0 bridgehead atoms. The molecule has 0 N–H and O–H groups in total. The Morgan fingerprint density at radius 1 is 1.00 bits per heavy atom. The molecule has 1 aliphatic rings. The van der Waals surface area contributed by atoms with Gasteiger partial charge in [0.2, 0.25) is 0 Å². The van der Waals surface area contributed by atoms with E-state index in [1.165, 1.54) is 25.7 Å². The van der Waals surface area contributed by atoms with Crippen LogP contribution in [0, 0.1) is 5.92 Å². The maximum absolute atomic E-state index is 12.3. The predicted octanol–water partition coefficient (Wildman–Crippen LogP) is 4.36. The number of hydrogen-bond acceptors (Lipinski definition) is 3. The minimum absolute atomic E-state index is 0.0184. The van der Waals surface area contributed by atoms with Crippen LogP contribution in [-0.4, -0.2) is 24.3 Å². The number of ketones is 2. The summed E-state index contributed by atoms with van der Waals surface area (Å²) < 4.78 is 0. The molecule has 1 aliphatic carbocycles. The largest absolute Gasteiger partial charge is 0.298 e. The molecular formula is C20H27NO2. The van der Waals surface area contributed by atoms with Crippen LogP contribution in [0.2, 0.25) is 0 Å². The Labute approximate surface area is 139 Å². The topological polar surface area (TPSA) is 46.5 Å². The van der Waals surface area contributed by atoms with Crippen LogP contribution in [0.1, 0.15) is 63.4 Å². The van der Waals surface area contributed by atoms with Crippen molar-refractivity contribution in [3.05, 3.63) is 35.9 Å². The van der Waals surface area contributed by atoms with Gasteiger partial charge in [0.05, 0.1) is 0 Å². The van der Waals surface area contributed by atoms with Crippen LogP contribution < -0.4 is 0 Å². The van der Waals surface area contributed by atoms with Crippen molar-refractivity contribution in [2.45, 2.75) is 57.8 Å². The van der Waals surface area contributed by atoms with Crippen LogP contribution >= 0.6 is 0 Å². The lowest BCUT2D eigenvalue weighted by atomic mass is 9.77. The standard InChI is InChI=1S/C20H27NO2/c1-2-3-4-5-9-12-21-15-18-19(22)13-17(14-20(18)23)16-10-7-6-8-11-16/h6-8,10-11,15,17-18H,2-5,9,12-14H2,1H3. The summed E-state index contributed by atoms with van der Waals surface area (Å²) in [5.74, 6) is -0.532. The van der Waals surface area contributed by atoms with E-state index >= 15 is 0 Å². The number of rotatable bonds is 8. The summed E-state index contributed by atoms with van der Waals surface area (Å²) in [5, 5.41) is 0. The first kappa shape index (κ1) is 17.6. The molecule has 0 aliphatic heterocycles. The maximum Gasteiger partial charge on any atom is 0.149 e. The van der Waals surface area contributed by atoms with Crippen LogP contribution in [0.3, 0.4) is 0 Å². The van der Waals surface area contributed by atoms with Gasteiger partial charge in [-0.25, -0.2) is 0 Å². The Bertz CT molecular complexity index is 518. The molecule has 1 aromatic rings. The molecule has 0 spiro atoms. The molecule has 1 saturated carbocycles. The highest BCUT2D eigenvalue weighted by Crippen LogP contribution is 2.31. The van der Waals surface area contributed by atoms with Crippen molar-refractivity contribution in [1.29, 1.82) is 0 Å². The second-order valence-corrected chi connectivity index (χ2v) is 6.40. The SMILES string of the molecule is CCCCCCCN=CC1C(=O)CC(c2ccccc2)CC1=O. The average molecular weight is 313 g/mol. The number of aliphatic imine (C=N–C) groups is 1. The smallest absolute Gasteiger partial charge is 0.149 e. The van der Waals surface area contributed by atoms with E-state index < -0.39 is 5.92 Å². The van der Waals surface area contributed by atoms with Crippen LogP contribution in [-0.2, 0) is 9.59 Å². The highest BCUT2D eigenvalue weighted by molar-refractivity contribution is 6.16. The molecule has 0 heterocycles. The molecule has 0 aromatic heterocycles. The molecule has 0 amide bonds. The molecule has 0 radical (unpaired) electrons. The van der Waals surface area contributed by atoms with Gasteiger partial charge in [-0.1, -0.05) is 62.9 Å². The van der Waals surface area contributed by atoms with Crippen LogP contribution in [0.15, 0.2) is 35.3 Å². The third kappa shape index (κ3) is 5.42. The number of benzene rings is 1. The Morgan fingerprint density at radius 3 is 2.30 bits per heavy atom. The van der Waals surface area contributed by atoms with Gasteiger partial charge in [-0.3, -0.25) is 14.6 Å². The van der Waals surface area contributed by atoms with Crippen molar-refractivity contribution < 1.29 is 9.59 Å². The number of nitrogens with zero attached hydrogens (tertiary/aromatic N) is 1. The van der Waals surface area contributed by atoms with Crippen LogP contribution in [0.4, 0.5) is 0 Å². The van der Waals surface area contributed by atoms with Crippen molar-refractivity contribution in [2.75, 3.05) is 6.54 Å². The molecule has 0 atom stereocenters. The van der Waals surface area contributed by atoms with Crippen molar-refractivity contribution in [3.63, 3.8) is 0 Å². The van der Waals surface area contributed by atoms with Gasteiger partial charge >= 0.3 is 0 Å². The summed E-state index contributed by atoms with van der Waals surface area (Å²) >= 11 is 0. The summed E-state index contributed by atoms with van der Waals surface area (Å²) in [7, 11) is 0. The maximum atomic E-state index is 12.3. The molecule has 3 nitrogen and oxygen atoms in total. The summed E-state index contributed by atoms with van der Waals surface area (Å²) in [6, 6.07) is 9.85. The number of carbonyl (C=O) groups excluding carboxylic acids is 2. The normalized spacial score (nSPS) is 22.0. The lowest BCUT2D eigenvalue weighted by Gasteiger charge is -2.24. The third-order valence-corrected chi connectivity index (χ3v) is 4.51. The third-order valence-electron chi connectivity index (χ3n) is 4.51. The zero-order valence-electron chi connectivity index (χ0n) is 14.0. The van der Waals surface area contributed by atoms with Gasteiger partial charge in [-0.05, 0) is 17.9 Å². The predicted molar refractivity (Wildman–Crippen MR) is 94.0 cm³/mol. The highest BCUT2D eigenvalue weighted by Gasteiger charge is 2.34. The molecule has 2 rings (SSSR count). The molecular weight excluding hydrogens is 286 g/mol.